The molecule has 0 spiro atoms. The van der Waals surface area contributed by atoms with Gasteiger partial charge >= 0.3 is 11.9 Å². The standard InChI is InChI=1S/C14H27NO3/c1-6-18-14(17)13(16)15(9-7-11(2)3)10-8-12(4)5/h11-12H,6-10H2,1-5H3. The van der Waals surface area contributed by atoms with Crippen LogP contribution in [0.1, 0.15) is 47.5 Å². The summed E-state index contributed by atoms with van der Waals surface area (Å²) in [7, 11) is 0. The van der Waals surface area contributed by atoms with Crippen molar-refractivity contribution >= 4 is 11.9 Å². The third-order valence-electron chi connectivity index (χ3n) is 2.69. The highest BCUT2D eigenvalue weighted by molar-refractivity contribution is 6.32. The van der Waals surface area contributed by atoms with Gasteiger partial charge in [-0.25, -0.2) is 4.79 Å². The van der Waals surface area contributed by atoms with E-state index in [-0.39, 0.29) is 6.61 Å². The summed E-state index contributed by atoms with van der Waals surface area (Å²) in [6.07, 6.45) is 1.81. The number of amides is 1. The Morgan fingerprint density at radius 3 is 1.78 bits per heavy atom. The Morgan fingerprint density at radius 1 is 1.00 bits per heavy atom. The van der Waals surface area contributed by atoms with Crippen LogP contribution in [0, 0.1) is 11.8 Å². The van der Waals surface area contributed by atoms with Crippen molar-refractivity contribution in [1.29, 1.82) is 0 Å². The van der Waals surface area contributed by atoms with Crippen molar-refractivity contribution in [2.75, 3.05) is 19.7 Å². The number of hydrogen-bond acceptors (Lipinski definition) is 3. The molecule has 0 fully saturated rings. The van der Waals surface area contributed by atoms with E-state index < -0.39 is 11.9 Å². The van der Waals surface area contributed by atoms with Crippen LogP contribution in [-0.4, -0.2) is 36.5 Å². The Kier molecular flexibility index (Phi) is 8.42. The lowest BCUT2D eigenvalue weighted by molar-refractivity contribution is -0.160. The van der Waals surface area contributed by atoms with Gasteiger partial charge in [0.1, 0.15) is 0 Å². The Hall–Kier alpha value is -1.06. The van der Waals surface area contributed by atoms with E-state index in [4.69, 9.17) is 4.74 Å². The molecule has 106 valence electrons. The van der Waals surface area contributed by atoms with E-state index in [2.05, 4.69) is 27.7 Å². The third kappa shape index (κ3) is 7.30. The topological polar surface area (TPSA) is 46.6 Å². The van der Waals surface area contributed by atoms with Gasteiger partial charge in [-0.15, -0.1) is 0 Å². The van der Waals surface area contributed by atoms with Crippen molar-refractivity contribution in [3.63, 3.8) is 0 Å². The minimum Gasteiger partial charge on any atom is -0.459 e. The summed E-state index contributed by atoms with van der Waals surface area (Å²) in [5, 5.41) is 0. The second-order valence-corrected chi connectivity index (χ2v) is 5.38. The molecule has 0 aromatic heterocycles. The van der Waals surface area contributed by atoms with Crippen molar-refractivity contribution < 1.29 is 14.3 Å². The summed E-state index contributed by atoms with van der Waals surface area (Å²) < 4.78 is 4.77. The van der Waals surface area contributed by atoms with Gasteiger partial charge < -0.3 is 9.64 Å². The van der Waals surface area contributed by atoms with Crippen LogP contribution in [0.25, 0.3) is 0 Å². The van der Waals surface area contributed by atoms with Crippen LogP contribution < -0.4 is 0 Å². The average molecular weight is 257 g/mol. The molecule has 0 bridgehead atoms. The smallest absolute Gasteiger partial charge is 0.397 e. The highest BCUT2D eigenvalue weighted by Gasteiger charge is 2.22. The fourth-order valence-corrected chi connectivity index (χ4v) is 1.46. The Balaban J connectivity index is 4.42. The number of esters is 1. The first-order valence-corrected chi connectivity index (χ1v) is 6.84. The van der Waals surface area contributed by atoms with E-state index in [0.29, 0.717) is 24.9 Å². The minimum absolute atomic E-state index is 0.243. The van der Waals surface area contributed by atoms with Gasteiger partial charge in [0.15, 0.2) is 0 Å². The maximum Gasteiger partial charge on any atom is 0.397 e. The molecule has 4 heteroatoms. The highest BCUT2D eigenvalue weighted by Crippen LogP contribution is 2.07. The van der Waals surface area contributed by atoms with Gasteiger partial charge in [-0.1, -0.05) is 27.7 Å². The van der Waals surface area contributed by atoms with E-state index in [1.54, 1.807) is 11.8 Å². The predicted octanol–water partition coefficient (Wildman–Crippen LogP) is 2.47. The van der Waals surface area contributed by atoms with Crippen LogP contribution in [-0.2, 0) is 14.3 Å². The first-order valence-electron chi connectivity index (χ1n) is 6.84. The maximum absolute atomic E-state index is 11.9. The zero-order chi connectivity index (χ0) is 14.1. The van der Waals surface area contributed by atoms with Crippen LogP contribution in [0.15, 0.2) is 0 Å². The molecule has 0 atom stereocenters. The quantitative estimate of drug-likeness (QED) is 0.520. The normalized spacial score (nSPS) is 10.8. The van der Waals surface area contributed by atoms with Crippen molar-refractivity contribution in [2.45, 2.75) is 47.5 Å². The highest BCUT2D eigenvalue weighted by atomic mass is 16.5. The van der Waals surface area contributed by atoms with Crippen LogP contribution in [0.4, 0.5) is 0 Å². The Morgan fingerprint density at radius 2 is 1.44 bits per heavy atom. The number of carbonyl (C=O) groups excluding carboxylic acids is 2. The molecule has 0 saturated carbocycles. The molecule has 0 aliphatic heterocycles. The van der Waals surface area contributed by atoms with E-state index >= 15 is 0 Å². The van der Waals surface area contributed by atoms with Gasteiger partial charge in [-0.3, -0.25) is 4.79 Å². The molecule has 0 aromatic rings. The number of carbonyl (C=O) groups is 2. The summed E-state index contributed by atoms with van der Waals surface area (Å²) in [5.41, 5.74) is 0. The van der Waals surface area contributed by atoms with E-state index in [0.717, 1.165) is 12.8 Å². The monoisotopic (exact) mass is 257 g/mol. The average Bonchev–Trinajstić information content (AvgIpc) is 2.28. The summed E-state index contributed by atoms with van der Waals surface area (Å²) in [6.45, 7) is 11.6. The number of rotatable bonds is 7. The molecule has 0 radical (unpaired) electrons. The molecule has 0 aliphatic rings. The molecule has 0 heterocycles. The van der Waals surface area contributed by atoms with Crippen molar-refractivity contribution in [1.82, 2.24) is 4.90 Å². The SMILES string of the molecule is CCOC(=O)C(=O)N(CCC(C)C)CCC(C)C. The lowest BCUT2D eigenvalue weighted by Crippen LogP contribution is -2.39. The molecule has 0 saturated heterocycles. The summed E-state index contributed by atoms with van der Waals surface area (Å²) >= 11 is 0. The van der Waals surface area contributed by atoms with Gasteiger partial charge in [-0.05, 0) is 31.6 Å². The molecule has 0 N–H and O–H groups in total. The first-order chi connectivity index (χ1) is 8.38. The van der Waals surface area contributed by atoms with Crippen molar-refractivity contribution in [3.05, 3.63) is 0 Å². The predicted molar refractivity (Wildman–Crippen MR) is 72.1 cm³/mol. The zero-order valence-corrected chi connectivity index (χ0v) is 12.4. The molecule has 0 rings (SSSR count). The Labute approximate surface area is 111 Å². The fourth-order valence-electron chi connectivity index (χ4n) is 1.46. The van der Waals surface area contributed by atoms with Crippen LogP contribution in [0.5, 0.6) is 0 Å². The van der Waals surface area contributed by atoms with Crippen molar-refractivity contribution in [3.8, 4) is 0 Å². The zero-order valence-electron chi connectivity index (χ0n) is 12.4. The fraction of sp³-hybridized carbons (Fsp3) is 0.857. The number of ether oxygens (including phenoxy) is 1. The van der Waals surface area contributed by atoms with Crippen LogP contribution >= 0.6 is 0 Å². The van der Waals surface area contributed by atoms with Gasteiger partial charge in [-0.2, -0.15) is 0 Å². The van der Waals surface area contributed by atoms with Crippen LogP contribution in [0.2, 0.25) is 0 Å². The second kappa shape index (κ2) is 8.95. The molecule has 0 unspecified atom stereocenters. The summed E-state index contributed by atoms with van der Waals surface area (Å²) in [4.78, 5) is 25.0. The Bertz CT molecular complexity index is 250. The minimum atomic E-state index is -0.731. The largest absolute Gasteiger partial charge is 0.459 e. The maximum atomic E-state index is 11.9. The van der Waals surface area contributed by atoms with Gasteiger partial charge in [0, 0.05) is 13.1 Å². The lowest BCUT2D eigenvalue weighted by atomic mass is 10.1. The molecule has 4 nitrogen and oxygen atoms in total. The number of hydrogen-bond donors (Lipinski definition) is 0. The van der Waals surface area contributed by atoms with Gasteiger partial charge in [0.2, 0.25) is 0 Å². The number of nitrogens with zero attached hydrogens (tertiary/aromatic N) is 1. The molecule has 1 amide bonds. The molecule has 18 heavy (non-hydrogen) atoms. The van der Waals surface area contributed by atoms with Crippen LogP contribution in [0.3, 0.4) is 0 Å². The van der Waals surface area contributed by atoms with E-state index in [9.17, 15) is 9.59 Å². The second-order valence-electron chi connectivity index (χ2n) is 5.38. The van der Waals surface area contributed by atoms with E-state index in [1.807, 2.05) is 0 Å². The van der Waals surface area contributed by atoms with E-state index in [1.165, 1.54) is 0 Å². The first kappa shape index (κ1) is 16.9. The molecular weight excluding hydrogens is 230 g/mol. The van der Waals surface area contributed by atoms with Crippen molar-refractivity contribution in [2.24, 2.45) is 11.8 Å². The van der Waals surface area contributed by atoms with Gasteiger partial charge in [0.05, 0.1) is 6.61 Å². The van der Waals surface area contributed by atoms with Gasteiger partial charge in [0.25, 0.3) is 0 Å². The molecule has 0 aromatic carbocycles. The third-order valence-corrected chi connectivity index (χ3v) is 2.69. The molecular formula is C14H27NO3. The summed E-state index contributed by atoms with van der Waals surface area (Å²) in [5.74, 6) is -0.203. The molecule has 0 aliphatic carbocycles. The lowest BCUT2D eigenvalue weighted by Gasteiger charge is -2.23. The summed E-state index contributed by atoms with van der Waals surface area (Å²) in [6, 6.07) is 0.